The summed E-state index contributed by atoms with van der Waals surface area (Å²) >= 11 is 7.51. The number of ether oxygens (including phenoxy) is 1. The minimum Gasteiger partial charge on any atom is -0.462 e. The lowest BCUT2D eigenvalue weighted by molar-refractivity contribution is -0.144. The van der Waals surface area contributed by atoms with Crippen LogP contribution in [-0.2, 0) is 14.3 Å². The molecule has 0 radical (unpaired) electrons. The molecular formula is C17H17ClN2O4S. The molecule has 1 saturated heterocycles. The summed E-state index contributed by atoms with van der Waals surface area (Å²) in [6.45, 7) is 0.986. The number of fused-ring (bicyclic) bond motifs is 1. The van der Waals surface area contributed by atoms with Gasteiger partial charge in [0.2, 0.25) is 5.91 Å². The second kappa shape index (κ2) is 7.84. The average molecular weight is 381 g/mol. The van der Waals surface area contributed by atoms with Crippen molar-refractivity contribution in [2.24, 2.45) is 0 Å². The van der Waals surface area contributed by atoms with Gasteiger partial charge in [-0.3, -0.25) is 14.4 Å². The summed E-state index contributed by atoms with van der Waals surface area (Å²) in [7, 11) is 0. The van der Waals surface area contributed by atoms with Crippen LogP contribution in [0.4, 0.5) is 0 Å². The Morgan fingerprint density at radius 1 is 1.32 bits per heavy atom. The fraction of sp³-hybridized carbons (Fsp3) is 0.353. The van der Waals surface area contributed by atoms with Gasteiger partial charge in [0.25, 0.3) is 5.91 Å². The molecular weight excluding hydrogens is 364 g/mol. The molecule has 0 spiro atoms. The number of esters is 1. The highest BCUT2D eigenvalue weighted by atomic mass is 35.5. The molecule has 0 unspecified atom stereocenters. The largest absolute Gasteiger partial charge is 0.462 e. The van der Waals surface area contributed by atoms with Crippen molar-refractivity contribution in [3.8, 4) is 0 Å². The molecule has 1 aromatic heterocycles. The third-order valence-corrected chi connectivity index (χ3v) is 5.60. The molecule has 8 heteroatoms. The molecule has 1 N–H and O–H groups in total. The van der Waals surface area contributed by atoms with Crippen LogP contribution in [0.1, 0.15) is 22.5 Å². The Morgan fingerprint density at radius 2 is 2.12 bits per heavy atom. The fourth-order valence-electron chi connectivity index (χ4n) is 2.65. The maximum absolute atomic E-state index is 12.2. The average Bonchev–Trinajstić information content (AvgIpc) is 3.17. The number of amides is 2. The number of hydrogen-bond donors (Lipinski definition) is 1. The lowest BCUT2D eigenvalue weighted by Gasteiger charge is -2.15. The summed E-state index contributed by atoms with van der Waals surface area (Å²) < 4.78 is 5.96. The van der Waals surface area contributed by atoms with Crippen LogP contribution in [0.15, 0.2) is 24.3 Å². The second-order valence-corrected chi connectivity index (χ2v) is 7.06. The van der Waals surface area contributed by atoms with E-state index in [1.54, 1.807) is 4.90 Å². The summed E-state index contributed by atoms with van der Waals surface area (Å²) in [6.07, 6.45) is 1.40. The minimum atomic E-state index is -0.544. The van der Waals surface area contributed by atoms with Crippen LogP contribution >= 0.6 is 22.9 Å². The number of carbonyl (C=O) groups is 3. The Kier molecular flexibility index (Phi) is 5.55. The van der Waals surface area contributed by atoms with Crippen LogP contribution in [-0.4, -0.2) is 48.9 Å². The first-order valence-electron chi connectivity index (χ1n) is 7.95. The van der Waals surface area contributed by atoms with E-state index in [4.69, 9.17) is 16.3 Å². The van der Waals surface area contributed by atoms with E-state index >= 15 is 0 Å². The molecule has 25 heavy (non-hydrogen) atoms. The van der Waals surface area contributed by atoms with Crippen molar-refractivity contribution in [2.45, 2.75) is 12.8 Å². The number of nitrogens with zero attached hydrogens (tertiary/aromatic N) is 1. The Bertz CT molecular complexity index is 820. The van der Waals surface area contributed by atoms with Crippen LogP contribution < -0.4 is 5.32 Å². The van der Waals surface area contributed by atoms with Gasteiger partial charge in [-0.1, -0.05) is 29.8 Å². The van der Waals surface area contributed by atoms with E-state index in [1.165, 1.54) is 11.3 Å². The van der Waals surface area contributed by atoms with Crippen molar-refractivity contribution < 1.29 is 19.1 Å². The maximum Gasteiger partial charge on any atom is 0.325 e. The number of carbonyl (C=O) groups excluding carboxylic acids is 3. The second-order valence-electron chi connectivity index (χ2n) is 5.63. The lowest BCUT2D eigenvalue weighted by Crippen LogP contribution is -2.33. The molecule has 0 saturated carbocycles. The van der Waals surface area contributed by atoms with Gasteiger partial charge < -0.3 is 15.0 Å². The van der Waals surface area contributed by atoms with E-state index in [1.807, 2.05) is 24.3 Å². The molecule has 6 nitrogen and oxygen atoms in total. The molecule has 132 valence electrons. The molecule has 0 bridgehead atoms. The number of likely N-dealkylation sites (tertiary alicyclic amines) is 1. The first kappa shape index (κ1) is 17.7. The summed E-state index contributed by atoms with van der Waals surface area (Å²) in [5.41, 5.74) is 0. The van der Waals surface area contributed by atoms with Crippen LogP contribution in [0.5, 0.6) is 0 Å². The normalized spacial score (nSPS) is 14.1. The third kappa shape index (κ3) is 4.11. The summed E-state index contributed by atoms with van der Waals surface area (Å²) in [5.74, 6) is -0.862. The van der Waals surface area contributed by atoms with E-state index in [0.717, 1.165) is 16.5 Å². The van der Waals surface area contributed by atoms with Crippen molar-refractivity contribution in [3.05, 3.63) is 34.2 Å². The minimum absolute atomic E-state index is 0.0868. The topological polar surface area (TPSA) is 75.7 Å². The van der Waals surface area contributed by atoms with E-state index in [-0.39, 0.29) is 19.1 Å². The number of hydrogen-bond acceptors (Lipinski definition) is 5. The van der Waals surface area contributed by atoms with Gasteiger partial charge in [0.1, 0.15) is 18.0 Å². The van der Waals surface area contributed by atoms with E-state index < -0.39 is 11.9 Å². The predicted octanol–water partition coefficient (Wildman–Crippen LogP) is 2.45. The number of halogens is 1. The van der Waals surface area contributed by atoms with Crippen LogP contribution in [0.2, 0.25) is 5.02 Å². The van der Waals surface area contributed by atoms with Gasteiger partial charge in [-0.25, -0.2) is 0 Å². The molecule has 0 atom stereocenters. The SMILES string of the molecule is O=C(CNC(=O)c1sc2ccccc2c1Cl)OCCN1CCCC1=O. The van der Waals surface area contributed by atoms with Crippen LogP contribution in [0.25, 0.3) is 10.1 Å². The van der Waals surface area contributed by atoms with E-state index in [2.05, 4.69) is 5.32 Å². The molecule has 0 aliphatic carbocycles. The molecule has 1 fully saturated rings. The number of rotatable bonds is 6. The lowest BCUT2D eigenvalue weighted by atomic mass is 10.2. The van der Waals surface area contributed by atoms with Gasteiger partial charge >= 0.3 is 5.97 Å². The van der Waals surface area contributed by atoms with E-state index in [9.17, 15) is 14.4 Å². The molecule has 1 aromatic carbocycles. The maximum atomic E-state index is 12.2. The summed E-state index contributed by atoms with van der Waals surface area (Å²) in [6, 6.07) is 7.46. The molecule has 1 aliphatic heterocycles. The molecule has 2 amide bonds. The Hall–Kier alpha value is -2.12. The van der Waals surface area contributed by atoms with Gasteiger partial charge in [-0.2, -0.15) is 0 Å². The highest BCUT2D eigenvalue weighted by molar-refractivity contribution is 7.21. The van der Waals surface area contributed by atoms with Crippen molar-refractivity contribution in [3.63, 3.8) is 0 Å². The highest BCUT2D eigenvalue weighted by Gasteiger charge is 2.20. The zero-order valence-electron chi connectivity index (χ0n) is 13.4. The Labute approximate surface area is 153 Å². The number of nitrogens with one attached hydrogen (secondary N) is 1. The van der Waals surface area contributed by atoms with Gasteiger partial charge in [-0.15, -0.1) is 11.3 Å². The summed E-state index contributed by atoms with van der Waals surface area (Å²) in [4.78, 5) is 37.4. The Morgan fingerprint density at radius 3 is 2.84 bits per heavy atom. The zero-order chi connectivity index (χ0) is 17.8. The number of benzene rings is 1. The van der Waals surface area contributed by atoms with Crippen molar-refractivity contribution >= 4 is 50.8 Å². The first-order valence-corrected chi connectivity index (χ1v) is 9.14. The summed E-state index contributed by atoms with van der Waals surface area (Å²) in [5, 5.41) is 3.72. The zero-order valence-corrected chi connectivity index (χ0v) is 15.0. The molecule has 2 heterocycles. The standard InChI is InChI=1S/C17H17ClN2O4S/c18-15-11-4-1-2-5-12(11)25-16(15)17(23)19-10-14(22)24-9-8-20-7-3-6-13(20)21/h1-2,4-5H,3,6-10H2,(H,19,23). The smallest absolute Gasteiger partial charge is 0.325 e. The van der Waals surface area contributed by atoms with E-state index in [0.29, 0.717) is 29.4 Å². The van der Waals surface area contributed by atoms with Gasteiger partial charge in [-0.05, 0) is 12.5 Å². The van der Waals surface area contributed by atoms with Gasteiger partial charge in [0.05, 0.1) is 11.6 Å². The third-order valence-electron chi connectivity index (χ3n) is 3.93. The van der Waals surface area contributed by atoms with Crippen LogP contribution in [0.3, 0.4) is 0 Å². The van der Waals surface area contributed by atoms with Crippen molar-refractivity contribution in [1.29, 1.82) is 0 Å². The quantitative estimate of drug-likeness (QED) is 0.781. The fourth-order valence-corrected chi connectivity index (χ4v) is 4.09. The first-order chi connectivity index (χ1) is 12.1. The highest BCUT2D eigenvalue weighted by Crippen LogP contribution is 2.34. The monoisotopic (exact) mass is 380 g/mol. The van der Waals surface area contributed by atoms with Gasteiger partial charge in [0, 0.05) is 23.1 Å². The molecule has 1 aliphatic rings. The van der Waals surface area contributed by atoms with Crippen molar-refractivity contribution in [2.75, 3.05) is 26.2 Å². The van der Waals surface area contributed by atoms with Crippen molar-refractivity contribution in [1.82, 2.24) is 10.2 Å². The predicted molar refractivity (Wildman–Crippen MR) is 95.9 cm³/mol. The van der Waals surface area contributed by atoms with Gasteiger partial charge in [0.15, 0.2) is 0 Å². The Balaban J connectivity index is 1.47. The number of thiophene rings is 1. The molecule has 2 aromatic rings. The molecule has 3 rings (SSSR count). The van der Waals surface area contributed by atoms with Crippen LogP contribution in [0, 0.1) is 0 Å².